The van der Waals surface area contributed by atoms with Crippen molar-refractivity contribution in [1.82, 2.24) is 4.90 Å². The second kappa shape index (κ2) is 7.36. The zero-order valence-electron chi connectivity index (χ0n) is 11.5. The van der Waals surface area contributed by atoms with E-state index in [0.717, 1.165) is 17.9 Å². The minimum atomic E-state index is -0.787. The summed E-state index contributed by atoms with van der Waals surface area (Å²) < 4.78 is 5.30. The molecule has 1 unspecified atom stereocenters. The second-order valence-corrected chi connectivity index (χ2v) is 4.89. The van der Waals surface area contributed by atoms with Crippen LogP contribution in [0.3, 0.4) is 0 Å². The third-order valence-corrected chi connectivity index (χ3v) is 3.43. The van der Waals surface area contributed by atoms with E-state index in [4.69, 9.17) is 21.4 Å². The van der Waals surface area contributed by atoms with Crippen molar-refractivity contribution in [2.45, 2.75) is 20.4 Å². The lowest BCUT2D eigenvalue weighted by molar-refractivity contribution is -0.141. The number of aliphatic carboxylic acids is 1. The van der Waals surface area contributed by atoms with Crippen molar-refractivity contribution in [3.63, 3.8) is 0 Å². The fourth-order valence-electron chi connectivity index (χ4n) is 1.88. The Bertz CT molecular complexity index is 437. The van der Waals surface area contributed by atoms with E-state index in [-0.39, 0.29) is 0 Å². The van der Waals surface area contributed by atoms with Crippen molar-refractivity contribution >= 4 is 17.6 Å². The quantitative estimate of drug-likeness (QED) is 0.837. The van der Waals surface area contributed by atoms with Gasteiger partial charge >= 0.3 is 5.97 Å². The van der Waals surface area contributed by atoms with Crippen LogP contribution in [0.25, 0.3) is 0 Å². The molecule has 0 aliphatic rings. The van der Waals surface area contributed by atoms with Gasteiger partial charge in [-0.15, -0.1) is 0 Å². The van der Waals surface area contributed by atoms with Crippen molar-refractivity contribution in [2.75, 3.05) is 20.2 Å². The van der Waals surface area contributed by atoms with Gasteiger partial charge in [-0.1, -0.05) is 31.5 Å². The van der Waals surface area contributed by atoms with Gasteiger partial charge < -0.3 is 9.84 Å². The lowest BCUT2D eigenvalue weighted by Crippen LogP contribution is -2.31. The molecule has 0 aromatic heterocycles. The Morgan fingerprint density at radius 3 is 2.74 bits per heavy atom. The molecule has 0 bridgehead atoms. The predicted octanol–water partition coefficient (Wildman–Crippen LogP) is 2.89. The lowest BCUT2D eigenvalue weighted by Gasteiger charge is -2.24. The molecule has 5 heteroatoms. The SMILES string of the molecule is CCN(Cc1c(Cl)cccc1OC)CC(C)C(=O)O. The first kappa shape index (κ1) is 15.8. The monoisotopic (exact) mass is 285 g/mol. The van der Waals surface area contributed by atoms with Crippen LogP contribution in [-0.4, -0.2) is 36.2 Å². The van der Waals surface area contributed by atoms with Crippen LogP contribution in [0.5, 0.6) is 5.75 Å². The summed E-state index contributed by atoms with van der Waals surface area (Å²) in [6, 6.07) is 5.50. The molecule has 106 valence electrons. The molecule has 1 atom stereocenters. The zero-order chi connectivity index (χ0) is 14.4. The van der Waals surface area contributed by atoms with Crippen LogP contribution in [0.4, 0.5) is 0 Å². The van der Waals surface area contributed by atoms with E-state index < -0.39 is 11.9 Å². The number of hydrogen-bond donors (Lipinski definition) is 1. The van der Waals surface area contributed by atoms with Crippen LogP contribution < -0.4 is 4.74 Å². The molecule has 0 saturated carbocycles. The Kier molecular flexibility index (Phi) is 6.12. The first-order valence-electron chi connectivity index (χ1n) is 6.26. The van der Waals surface area contributed by atoms with Crippen molar-refractivity contribution < 1.29 is 14.6 Å². The number of carbonyl (C=O) groups is 1. The molecule has 0 amide bonds. The van der Waals surface area contributed by atoms with Crippen molar-refractivity contribution in [3.8, 4) is 5.75 Å². The molecule has 1 N–H and O–H groups in total. The normalized spacial score (nSPS) is 12.5. The lowest BCUT2D eigenvalue weighted by atomic mass is 10.1. The fourth-order valence-corrected chi connectivity index (χ4v) is 2.10. The van der Waals surface area contributed by atoms with Gasteiger partial charge in [0.2, 0.25) is 0 Å². The molecule has 0 radical (unpaired) electrons. The molecule has 19 heavy (non-hydrogen) atoms. The Labute approximate surface area is 118 Å². The summed E-state index contributed by atoms with van der Waals surface area (Å²) in [5, 5.41) is 9.61. The van der Waals surface area contributed by atoms with Crippen LogP contribution in [0.1, 0.15) is 19.4 Å². The van der Waals surface area contributed by atoms with E-state index in [2.05, 4.69) is 0 Å². The van der Waals surface area contributed by atoms with E-state index in [1.807, 2.05) is 30.0 Å². The highest BCUT2D eigenvalue weighted by atomic mass is 35.5. The Morgan fingerprint density at radius 1 is 1.53 bits per heavy atom. The van der Waals surface area contributed by atoms with Crippen molar-refractivity contribution in [1.29, 1.82) is 0 Å². The molecule has 0 heterocycles. The highest BCUT2D eigenvalue weighted by Crippen LogP contribution is 2.27. The summed E-state index contributed by atoms with van der Waals surface area (Å²) in [4.78, 5) is 13.0. The number of hydrogen-bond acceptors (Lipinski definition) is 3. The van der Waals surface area contributed by atoms with Crippen LogP contribution in [0, 0.1) is 5.92 Å². The molecule has 0 aliphatic heterocycles. The fraction of sp³-hybridized carbons (Fsp3) is 0.500. The molecule has 1 aromatic rings. The van der Waals surface area contributed by atoms with Crippen LogP contribution in [0.15, 0.2) is 18.2 Å². The Hall–Kier alpha value is -1.26. The number of benzene rings is 1. The second-order valence-electron chi connectivity index (χ2n) is 4.49. The first-order chi connectivity index (χ1) is 8.99. The molecule has 0 fully saturated rings. The van der Waals surface area contributed by atoms with E-state index in [1.54, 1.807) is 14.0 Å². The maximum absolute atomic E-state index is 10.9. The molecule has 1 rings (SSSR count). The van der Waals surface area contributed by atoms with Gasteiger partial charge in [0, 0.05) is 23.7 Å². The predicted molar refractivity (Wildman–Crippen MR) is 75.8 cm³/mol. The number of nitrogens with zero attached hydrogens (tertiary/aromatic N) is 1. The zero-order valence-corrected chi connectivity index (χ0v) is 12.3. The summed E-state index contributed by atoms with van der Waals surface area (Å²) in [6.45, 7) is 5.52. The van der Waals surface area contributed by atoms with Crippen LogP contribution in [0.2, 0.25) is 5.02 Å². The van der Waals surface area contributed by atoms with Crippen molar-refractivity contribution in [2.24, 2.45) is 5.92 Å². The van der Waals surface area contributed by atoms with E-state index in [9.17, 15) is 4.79 Å². The minimum absolute atomic E-state index is 0.409. The topological polar surface area (TPSA) is 49.8 Å². The van der Waals surface area contributed by atoms with Crippen LogP contribution in [-0.2, 0) is 11.3 Å². The highest BCUT2D eigenvalue weighted by molar-refractivity contribution is 6.31. The highest BCUT2D eigenvalue weighted by Gasteiger charge is 2.17. The number of rotatable bonds is 7. The number of carboxylic acid groups (broad SMARTS) is 1. The molecule has 0 spiro atoms. The molecule has 0 saturated heterocycles. The maximum atomic E-state index is 10.9. The molecule has 4 nitrogen and oxygen atoms in total. The standard InChI is InChI=1S/C14H20ClNO3/c1-4-16(8-10(2)14(17)18)9-11-12(15)6-5-7-13(11)19-3/h5-7,10H,4,8-9H2,1-3H3,(H,17,18). The number of halogens is 1. The van der Waals surface area contributed by atoms with Crippen LogP contribution >= 0.6 is 11.6 Å². The average Bonchev–Trinajstić information content (AvgIpc) is 2.39. The molecular formula is C14H20ClNO3. The van der Waals surface area contributed by atoms with Gasteiger partial charge in [0.1, 0.15) is 5.75 Å². The third-order valence-electron chi connectivity index (χ3n) is 3.08. The first-order valence-corrected chi connectivity index (χ1v) is 6.63. The van der Waals surface area contributed by atoms with E-state index in [0.29, 0.717) is 18.1 Å². The molecular weight excluding hydrogens is 266 g/mol. The van der Waals surface area contributed by atoms with Gasteiger partial charge in [0.05, 0.1) is 13.0 Å². The van der Waals surface area contributed by atoms with E-state index >= 15 is 0 Å². The third kappa shape index (κ3) is 4.40. The maximum Gasteiger partial charge on any atom is 0.307 e. The Morgan fingerprint density at radius 2 is 2.21 bits per heavy atom. The van der Waals surface area contributed by atoms with Gasteiger partial charge in [-0.3, -0.25) is 9.69 Å². The summed E-state index contributed by atoms with van der Waals surface area (Å²) in [5.41, 5.74) is 0.895. The Balaban J connectivity index is 2.84. The molecule has 0 aliphatic carbocycles. The summed E-state index contributed by atoms with van der Waals surface area (Å²) in [6.07, 6.45) is 0. The summed E-state index contributed by atoms with van der Waals surface area (Å²) in [7, 11) is 1.60. The smallest absolute Gasteiger partial charge is 0.307 e. The van der Waals surface area contributed by atoms with Crippen molar-refractivity contribution in [3.05, 3.63) is 28.8 Å². The number of methoxy groups -OCH3 is 1. The largest absolute Gasteiger partial charge is 0.496 e. The molecule has 1 aromatic carbocycles. The number of carboxylic acids is 1. The van der Waals surface area contributed by atoms with Gasteiger partial charge in [0.15, 0.2) is 0 Å². The summed E-state index contributed by atoms with van der Waals surface area (Å²) >= 11 is 6.19. The average molecular weight is 286 g/mol. The minimum Gasteiger partial charge on any atom is -0.496 e. The van der Waals surface area contributed by atoms with Gasteiger partial charge in [-0.25, -0.2) is 0 Å². The summed E-state index contributed by atoms with van der Waals surface area (Å²) in [5.74, 6) is -0.466. The van der Waals surface area contributed by atoms with Gasteiger partial charge in [-0.2, -0.15) is 0 Å². The van der Waals surface area contributed by atoms with Gasteiger partial charge in [-0.05, 0) is 18.7 Å². The van der Waals surface area contributed by atoms with Gasteiger partial charge in [0.25, 0.3) is 0 Å². The number of ether oxygens (including phenoxy) is 1. The van der Waals surface area contributed by atoms with E-state index in [1.165, 1.54) is 0 Å².